The Balaban J connectivity index is 2.31. The molecule has 0 spiro atoms. The third-order valence-electron chi connectivity index (χ3n) is 2.81. The first-order valence-corrected chi connectivity index (χ1v) is 6.72. The molecule has 0 fully saturated rings. The summed E-state index contributed by atoms with van der Waals surface area (Å²) in [5, 5.41) is 4.23. The maximum absolute atomic E-state index is 12.0. The Bertz CT molecular complexity index is 599. The van der Waals surface area contributed by atoms with Gasteiger partial charge in [0.2, 0.25) is 0 Å². The van der Waals surface area contributed by atoms with Crippen molar-refractivity contribution in [3.05, 3.63) is 64.1 Å². The third-order valence-corrected chi connectivity index (χ3v) is 3.40. The Kier molecular flexibility index (Phi) is 4.88. The number of hydrogen-bond acceptors (Lipinski definition) is 3. The molecule has 0 aliphatic heterocycles. The second kappa shape index (κ2) is 6.64. The molecule has 0 heterocycles. The van der Waals surface area contributed by atoms with Gasteiger partial charge in [-0.05, 0) is 30.3 Å². The van der Waals surface area contributed by atoms with Gasteiger partial charge in [-0.2, -0.15) is 0 Å². The van der Waals surface area contributed by atoms with Gasteiger partial charge in [0.05, 0.1) is 7.11 Å². The summed E-state index contributed by atoms with van der Waals surface area (Å²) < 4.78 is 4.83. The van der Waals surface area contributed by atoms with Crippen molar-refractivity contribution in [1.29, 1.82) is 0 Å². The van der Waals surface area contributed by atoms with Gasteiger partial charge in [0.15, 0.2) is 6.04 Å². The van der Waals surface area contributed by atoms with E-state index in [2.05, 4.69) is 5.32 Å². The first-order valence-electron chi connectivity index (χ1n) is 5.96. The van der Waals surface area contributed by atoms with Crippen LogP contribution < -0.4 is 5.32 Å². The van der Waals surface area contributed by atoms with Crippen LogP contribution >= 0.6 is 23.2 Å². The number of methoxy groups -OCH3 is 1. The molecule has 0 saturated heterocycles. The highest BCUT2D eigenvalue weighted by Gasteiger charge is 2.23. The van der Waals surface area contributed by atoms with Gasteiger partial charge in [0, 0.05) is 21.3 Å². The highest BCUT2D eigenvalue weighted by molar-refractivity contribution is 6.31. The largest absolute Gasteiger partial charge is 0.467 e. The van der Waals surface area contributed by atoms with E-state index in [-0.39, 0.29) is 0 Å². The summed E-state index contributed by atoms with van der Waals surface area (Å²) in [6.07, 6.45) is 0. The van der Waals surface area contributed by atoms with E-state index in [0.29, 0.717) is 15.6 Å². The number of esters is 1. The van der Waals surface area contributed by atoms with Crippen molar-refractivity contribution in [3.63, 3.8) is 0 Å². The summed E-state index contributed by atoms with van der Waals surface area (Å²) in [6.45, 7) is 0. The summed E-state index contributed by atoms with van der Waals surface area (Å²) in [6, 6.07) is 13.5. The zero-order valence-electron chi connectivity index (χ0n) is 10.8. The molecular formula is C15H13Cl2NO2. The average molecular weight is 310 g/mol. The van der Waals surface area contributed by atoms with Crippen LogP contribution in [0.1, 0.15) is 11.6 Å². The highest BCUT2D eigenvalue weighted by atomic mass is 35.5. The van der Waals surface area contributed by atoms with Gasteiger partial charge in [-0.3, -0.25) is 0 Å². The van der Waals surface area contributed by atoms with Gasteiger partial charge in [-0.1, -0.05) is 41.4 Å². The van der Waals surface area contributed by atoms with E-state index < -0.39 is 12.0 Å². The molecule has 2 aromatic carbocycles. The summed E-state index contributed by atoms with van der Waals surface area (Å²) in [5.41, 5.74) is 1.42. The van der Waals surface area contributed by atoms with E-state index >= 15 is 0 Å². The fourth-order valence-corrected chi connectivity index (χ4v) is 2.17. The van der Waals surface area contributed by atoms with Crippen molar-refractivity contribution in [2.45, 2.75) is 6.04 Å². The first kappa shape index (κ1) is 14.7. The number of nitrogens with one attached hydrogen (secondary N) is 1. The summed E-state index contributed by atoms with van der Waals surface area (Å²) in [7, 11) is 1.34. The Labute approximate surface area is 127 Å². The number of rotatable bonds is 4. The maximum atomic E-state index is 12.0. The van der Waals surface area contributed by atoms with Gasteiger partial charge >= 0.3 is 5.97 Å². The number of carbonyl (C=O) groups excluding carboxylic acids is 1. The van der Waals surface area contributed by atoms with Crippen LogP contribution in [0.15, 0.2) is 48.5 Å². The van der Waals surface area contributed by atoms with Crippen LogP contribution in [0.2, 0.25) is 10.0 Å². The molecule has 20 heavy (non-hydrogen) atoms. The van der Waals surface area contributed by atoms with Gasteiger partial charge in [0.25, 0.3) is 0 Å². The molecule has 1 atom stereocenters. The molecule has 0 aliphatic rings. The fourth-order valence-electron chi connectivity index (χ4n) is 1.80. The zero-order chi connectivity index (χ0) is 14.5. The average Bonchev–Trinajstić information content (AvgIpc) is 2.47. The first-order chi connectivity index (χ1) is 9.61. The van der Waals surface area contributed by atoms with E-state index in [1.807, 2.05) is 12.1 Å². The lowest BCUT2D eigenvalue weighted by Gasteiger charge is -2.19. The van der Waals surface area contributed by atoms with Crippen molar-refractivity contribution in [2.24, 2.45) is 0 Å². The van der Waals surface area contributed by atoms with Gasteiger partial charge < -0.3 is 10.1 Å². The molecule has 5 heteroatoms. The number of halogens is 2. The molecule has 3 nitrogen and oxygen atoms in total. The molecule has 0 radical (unpaired) electrons. The Morgan fingerprint density at radius 3 is 2.35 bits per heavy atom. The molecule has 0 amide bonds. The molecule has 2 rings (SSSR count). The normalized spacial score (nSPS) is 11.8. The van der Waals surface area contributed by atoms with E-state index in [9.17, 15) is 4.79 Å². The number of ether oxygens (including phenoxy) is 1. The minimum absolute atomic E-state index is 0.409. The molecular weight excluding hydrogens is 297 g/mol. The number of hydrogen-bond donors (Lipinski definition) is 1. The monoisotopic (exact) mass is 309 g/mol. The van der Waals surface area contributed by atoms with Crippen molar-refractivity contribution in [2.75, 3.05) is 12.4 Å². The number of anilines is 1. The van der Waals surface area contributed by atoms with Crippen molar-refractivity contribution >= 4 is 34.9 Å². The molecule has 1 unspecified atom stereocenters. The zero-order valence-corrected chi connectivity index (χ0v) is 12.3. The van der Waals surface area contributed by atoms with Gasteiger partial charge in [-0.25, -0.2) is 4.79 Å². The Morgan fingerprint density at radius 2 is 1.75 bits per heavy atom. The predicted octanol–water partition coefficient (Wildman–Crippen LogP) is 4.32. The van der Waals surface area contributed by atoms with Crippen LogP contribution in [0.5, 0.6) is 0 Å². The molecule has 0 aliphatic carbocycles. The van der Waals surface area contributed by atoms with Gasteiger partial charge in [0.1, 0.15) is 0 Å². The fraction of sp³-hybridized carbons (Fsp3) is 0.133. The minimum atomic E-state index is -0.671. The van der Waals surface area contributed by atoms with Crippen LogP contribution in [-0.4, -0.2) is 13.1 Å². The quantitative estimate of drug-likeness (QED) is 0.855. The van der Waals surface area contributed by atoms with Gasteiger partial charge in [-0.15, -0.1) is 0 Å². The summed E-state index contributed by atoms with van der Waals surface area (Å²) in [5.74, 6) is -0.409. The van der Waals surface area contributed by atoms with Crippen LogP contribution in [-0.2, 0) is 9.53 Å². The standard InChI is InChI=1S/C15H13Cl2NO2/c1-20-15(19)14(12-4-2-3-5-13(12)17)18-11-8-6-10(16)7-9-11/h2-9,14,18H,1H3. The molecule has 0 aromatic heterocycles. The van der Waals surface area contributed by atoms with E-state index in [1.165, 1.54) is 7.11 Å². The Morgan fingerprint density at radius 1 is 1.10 bits per heavy atom. The molecule has 2 aromatic rings. The number of carbonyl (C=O) groups is 1. The van der Waals surface area contributed by atoms with Crippen LogP contribution in [0.25, 0.3) is 0 Å². The predicted molar refractivity (Wildman–Crippen MR) is 81.3 cm³/mol. The van der Waals surface area contributed by atoms with Crippen LogP contribution in [0, 0.1) is 0 Å². The molecule has 104 valence electrons. The molecule has 1 N–H and O–H groups in total. The lowest BCUT2D eigenvalue weighted by Crippen LogP contribution is -2.22. The SMILES string of the molecule is COC(=O)C(Nc1ccc(Cl)cc1)c1ccccc1Cl. The van der Waals surface area contributed by atoms with E-state index in [1.54, 1.807) is 36.4 Å². The Hall–Kier alpha value is -1.71. The number of benzene rings is 2. The summed E-state index contributed by atoms with van der Waals surface area (Å²) in [4.78, 5) is 12.0. The van der Waals surface area contributed by atoms with Crippen molar-refractivity contribution in [3.8, 4) is 0 Å². The maximum Gasteiger partial charge on any atom is 0.333 e. The topological polar surface area (TPSA) is 38.3 Å². The second-order valence-electron chi connectivity index (χ2n) is 4.13. The van der Waals surface area contributed by atoms with E-state index in [0.717, 1.165) is 5.69 Å². The van der Waals surface area contributed by atoms with Crippen LogP contribution in [0.4, 0.5) is 5.69 Å². The third kappa shape index (κ3) is 3.44. The van der Waals surface area contributed by atoms with Crippen molar-refractivity contribution < 1.29 is 9.53 Å². The summed E-state index contributed by atoms with van der Waals surface area (Å²) >= 11 is 12.0. The lowest BCUT2D eigenvalue weighted by molar-refractivity contribution is -0.141. The highest BCUT2D eigenvalue weighted by Crippen LogP contribution is 2.27. The van der Waals surface area contributed by atoms with Crippen molar-refractivity contribution in [1.82, 2.24) is 0 Å². The smallest absolute Gasteiger partial charge is 0.333 e. The lowest BCUT2D eigenvalue weighted by atomic mass is 10.1. The minimum Gasteiger partial charge on any atom is -0.467 e. The molecule has 0 bridgehead atoms. The molecule has 0 saturated carbocycles. The second-order valence-corrected chi connectivity index (χ2v) is 4.97. The van der Waals surface area contributed by atoms with E-state index in [4.69, 9.17) is 27.9 Å². The van der Waals surface area contributed by atoms with Crippen LogP contribution in [0.3, 0.4) is 0 Å².